The van der Waals surface area contributed by atoms with E-state index in [4.69, 9.17) is 0 Å². The third-order valence-electron chi connectivity index (χ3n) is 2.33. The van der Waals surface area contributed by atoms with Gasteiger partial charge in [-0.2, -0.15) is 0 Å². The minimum atomic E-state index is -0.428. The summed E-state index contributed by atoms with van der Waals surface area (Å²) in [5.74, 6) is 0.489. The van der Waals surface area contributed by atoms with Crippen LogP contribution in [0.15, 0.2) is 18.5 Å². The Kier molecular flexibility index (Phi) is 3.76. The number of nitrogens with one attached hydrogen (secondary N) is 1. The van der Waals surface area contributed by atoms with E-state index in [0.717, 1.165) is 6.42 Å². The third-order valence-corrected chi connectivity index (χ3v) is 2.33. The number of hydrogen-bond acceptors (Lipinski definition) is 5. The Balaban J connectivity index is 2.41. The molecule has 0 unspecified atom stereocenters. The number of aromatic nitrogens is 4. The van der Waals surface area contributed by atoms with Crippen molar-refractivity contribution in [3.63, 3.8) is 0 Å². The summed E-state index contributed by atoms with van der Waals surface area (Å²) in [5, 5.41) is 2.93. The zero-order chi connectivity index (χ0) is 13.0. The van der Waals surface area contributed by atoms with Crippen LogP contribution in [0.3, 0.4) is 0 Å². The van der Waals surface area contributed by atoms with Crippen molar-refractivity contribution in [2.24, 2.45) is 0 Å². The summed E-state index contributed by atoms with van der Waals surface area (Å²) in [4.78, 5) is 16.3. The molecule has 6 heteroatoms. The molecule has 94 valence electrons. The molecule has 0 radical (unpaired) electrons. The third kappa shape index (κ3) is 2.58. The summed E-state index contributed by atoms with van der Waals surface area (Å²) in [6.45, 7) is 4.25. The van der Waals surface area contributed by atoms with Gasteiger partial charge in [-0.3, -0.25) is 0 Å². The van der Waals surface area contributed by atoms with Crippen molar-refractivity contribution in [3.8, 4) is 11.6 Å². The van der Waals surface area contributed by atoms with E-state index in [0.29, 0.717) is 18.2 Å². The second-order valence-corrected chi connectivity index (χ2v) is 3.79. The number of aryl methyl sites for hydroxylation is 1. The highest BCUT2D eigenvalue weighted by Crippen LogP contribution is 2.18. The Morgan fingerprint density at radius 1 is 1.17 bits per heavy atom. The molecule has 2 rings (SSSR count). The molecule has 0 saturated heterocycles. The number of rotatable bonds is 4. The largest absolute Gasteiger partial charge is 0.368 e. The van der Waals surface area contributed by atoms with E-state index in [1.807, 2.05) is 6.92 Å². The molecular weight excluding hydrogens is 233 g/mol. The fraction of sp³-hybridized carbons (Fsp3) is 0.333. The van der Waals surface area contributed by atoms with Crippen molar-refractivity contribution >= 4 is 5.82 Å². The smallest absolute Gasteiger partial charge is 0.200 e. The van der Waals surface area contributed by atoms with Crippen molar-refractivity contribution in [2.45, 2.75) is 20.3 Å². The van der Waals surface area contributed by atoms with E-state index in [9.17, 15) is 4.39 Å². The molecule has 0 aliphatic carbocycles. The van der Waals surface area contributed by atoms with Gasteiger partial charge in [0.05, 0.1) is 5.69 Å². The first kappa shape index (κ1) is 12.3. The quantitative estimate of drug-likeness (QED) is 0.897. The lowest BCUT2D eigenvalue weighted by atomic mass is 10.3. The van der Waals surface area contributed by atoms with Gasteiger partial charge in [-0.25, -0.2) is 24.3 Å². The summed E-state index contributed by atoms with van der Waals surface area (Å²) in [6, 6.07) is 1.70. The van der Waals surface area contributed by atoms with Gasteiger partial charge in [0.2, 0.25) is 0 Å². The Labute approximate surface area is 105 Å². The van der Waals surface area contributed by atoms with Crippen LogP contribution in [0.4, 0.5) is 10.2 Å². The Morgan fingerprint density at radius 2 is 1.89 bits per heavy atom. The van der Waals surface area contributed by atoms with Crippen LogP contribution in [0, 0.1) is 12.7 Å². The Bertz CT molecular complexity index is 529. The van der Waals surface area contributed by atoms with Crippen LogP contribution in [0.1, 0.15) is 19.0 Å². The first-order chi connectivity index (χ1) is 8.72. The first-order valence-electron chi connectivity index (χ1n) is 5.77. The second kappa shape index (κ2) is 5.48. The van der Waals surface area contributed by atoms with E-state index < -0.39 is 5.82 Å². The maximum Gasteiger partial charge on any atom is 0.200 e. The van der Waals surface area contributed by atoms with E-state index >= 15 is 0 Å². The van der Waals surface area contributed by atoms with Crippen molar-refractivity contribution in [1.29, 1.82) is 0 Å². The predicted molar refractivity (Wildman–Crippen MR) is 66.5 cm³/mol. The number of hydrogen-bond donors (Lipinski definition) is 1. The number of halogens is 1. The molecule has 0 saturated carbocycles. The van der Waals surface area contributed by atoms with Crippen molar-refractivity contribution in [1.82, 2.24) is 19.9 Å². The molecule has 2 heterocycles. The fourth-order valence-electron chi connectivity index (χ4n) is 1.43. The highest BCUT2D eigenvalue weighted by molar-refractivity contribution is 5.49. The topological polar surface area (TPSA) is 63.6 Å². The van der Waals surface area contributed by atoms with Crippen molar-refractivity contribution in [3.05, 3.63) is 30.0 Å². The lowest BCUT2D eigenvalue weighted by Gasteiger charge is -2.08. The van der Waals surface area contributed by atoms with Gasteiger partial charge in [0, 0.05) is 18.9 Å². The van der Waals surface area contributed by atoms with Crippen molar-refractivity contribution < 1.29 is 4.39 Å². The molecule has 1 N–H and O–H groups in total. The van der Waals surface area contributed by atoms with E-state index in [1.54, 1.807) is 25.4 Å². The van der Waals surface area contributed by atoms with E-state index in [2.05, 4.69) is 25.3 Å². The summed E-state index contributed by atoms with van der Waals surface area (Å²) >= 11 is 0. The van der Waals surface area contributed by atoms with Crippen LogP contribution in [0.5, 0.6) is 0 Å². The second-order valence-electron chi connectivity index (χ2n) is 3.79. The summed E-state index contributed by atoms with van der Waals surface area (Å²) in [5.41, 5.74) is 0.283. The van der Waals surface area contributed by atoms with Gasteiger partial charge in [-0.1, -0.05) is 6.92 Å². The van der Waals surface area contributed by atoms with Gasteiger partial charge in [0.1, 0.15) is 0 Å². The Morgan fingerprint density at radius 3 is 2.56 bits per heavy atom. The molecule has 0 fully saturated rings. The summed E-state index contributed by atoms with van der Waals surface area (Å²) < 4.78 is 13.8. The average molecular weight is 247 g/mol. The lowest BCUT2D eigenvalue weighted by Crippen LogP contribution is -2.09. The molecular formula is C12H14FN5. The first-order valence-corrected chi connectivity index (χ1v) is 5.77. The average Bonchev–Trinajstić information content (AvgIpc) is 2.41. The molecule has 0 amide bonds. The van der Waals surface area contributed by atoms with Crippen molar-refractivity contribution in [2.75, 3.05) is 11.9 Å². The summed E-state index contributed by atoms with van der Waals surface area (Å²) in [7, 11) is 0. The van der Waals surface area contributed by atoms with Gasteiger partial charge in [-0.05, 0) is 19.4 Å². The van der Waals surface area contributed by atoms with Crippen LogP contribution < -0.4 is 5.32 Å². The maximum absolute atomic E-state index is 13.8. The maximum atomic E-state index is 13.8. The van der Waals surface area contributed by atoms with Crippen LogP contribution in [-0.2, 0) is 0 Å². The number of anilines is 1. The zero-order valence-corrected chi connectivity index (χ0v) is 10.3. The summed E-state index contributed by atoms with van der Waals surface area (Å²) in [6.07, 6.45) is 4.09. The van der Waals surface area contributed by atoms with Crippen LogP contribution >= 0.6 is 0 Å². The van der Waals surface area contributed by atoms with Gasteiger partial charge < -0.3 is 5.32 Å². The van der Waals surface area contributed by atoms with Crippen LogP contribution in [0.25, 0.3) is 11.6 Å². The minimum Gasteiger partial charge on any atom is -0.368 e. The van der Waals surface area contributed by atoms with E-state index in [-0.39, 0.29) is 11.5 Å². The monoisotopic (exact) mass is 247 g/mol. The fourth-order valence-corrected chi connectivity index (χ4v) is 1.43. The molecule has 0 aromatic carbocycles. The van der Waals surface area contributed by atoms with Gasteiger partial charge in [0.25, 0.3) is 0 Å². The highest BCUT2D eigenvalue weighted by atomic mass is 19.1. The molecule has 0 atom stereocenters. The molecule has 0 aliphatic heterocycles. The zero-order valence-electron chi connectivity index (χ0n) is 10.3. The standard InChI is InChI=1S/C12H14FN5/c1-3-5-14-10-9(13)8(2)17-12(18-10)11-15-6-4-7-16-11/h4,6-7H,3,5H2,1-2H3,(H,14,17,18). The van der Waals surface area contributed by atoms with Gasteiger partial charge >= 0.3 is 0 Å². The predicted octanol–water partition coefficient (Wildman–Crippen LogP) is 2.20. The van der Waals surface area contributed by atoms with Gasteiger partial charge in [-0.15, -0.1) is 0 Å². The molecule has 0 aliphatic rings. The SMILES string of the molecule is CCCNc1nc(-c2ncccn2)nc(C)c1F. The molecule has 2 aromatic rings. The number of nitrogens with zero attached hydrogens (tertiary/aromatic N) is 4. The molecule has 18 heavy (non-hydrogen) atoms. The Hall–Kier alpha value is -2.11. The van der Waals surface area contributed by atoms with Crippen LogP contribution in [-0.4, -0.2) is 26.5 Å². The lowest BCUT2D eigenvalue weighted by molar-refractivity contribution is 0.605. The molecule has 0 bridgehead atoms. The van der Waals surface area contributed by atoms with E-state index in [1.165, 1.54) is 0 Å². The normalized spacial score (nSPS) is 10.4. The molecule has 2 aromatic heterocycles. The molecule has 5 nitrogen and oxygen atoms in total. The minimum absolute atomic E-state index is 0.201. The molecule has 0 spiro atoms. The van der Waals surface area contributed by atoms with Gasteiger partial charge in [0.15, 0.2) is 23.3 Å². The van der Waals surface area contributed by atoms with Crippen LogP contribution in [0.2, 0.25) is 0 Å². The highest BCUT2D eigenvalue weighted by Gasteiger charge is 2.13.